The lowest BCUT2D eigenvalue weighted by Crippen LogP contribution is -2.60. The van der Waals surface area contributed by atoms with Gasteiger partial charge in [0, 0.05) is 18.8 Å². The van der Waals surface area contributed by atoms with Crippen molar-refractivity contribution in [3.05, 3.63) is 66.1 Å². The molecule has 2 aromatic heterocycles. The number of nitrogens with zero attached hydrogens (tertiary/aromatic N) is 5. The molecule has 146 valence electrons. The van der Waals surface area contributed by atoms with Gasteiger partial charge in [-0.15, -0.1) is 0 Å². The Morgan fingerprint density at radius 3 is 2.76 bits per heavy atom. The van der Waals surface area contributed by atoms with E-state index in [0.717, 1.165) is 30.0 Å². The van der Waals surface area contributed by atoms with Crippen LogP contribution in [0.1, 0.15) is 28.8 Å². The molecule has 1 saturated heterocycles. The normalized spacial score (nSPS) is 29.0. The van der Waals surface area contributed by atoms with Crippen molar-refractivity contribution in [2.45, 2.75) is 31.8 Å². The summed E-state index contributed by atoms with van der Waals surface area (Å²) in [6, 6.07) is 12.1. The van der Waals surface area contributed by atoms with Gasteiger partial charge >= 0.3 is 0 Å². The number of aryl methyl sites for hydroxylation is 1. The molecule has 2 saturated carbocycles. The predicted molar refractivity (Wildman–Crippen MR) is 108 cm³/mol. The molecule has 3 heterocycles. The van der Waals surface area contributed by atoms with Crippen LogP contribution in [0.4, 0.5) is 5.82 Å². The Bertz CT molecular complexity index is 1080. The second kappa shape index (κ2) is 5.89. The molecule has 1 N–H and O–H groups in total. The Morgan fingerprint density at radius 2 is 1.97 bits per heavy atom. The van der Waals surface area contributed by atoms with Gasteiger partial charge in [-0.05, 0) is 54.9 Å². The van der Waals surface area contributed by atoms with Crippen LogP contribution >= 0.6 is 0 Å². The Kier molecular flexibility index (Phi) is 3.39. The molecule has 1 aromatic carbocycles. The van der Waals surface area contributed by atoms with Crippen molar-refractivity contribution in [2.24, 2.45) is 11.3 Å². The summed E-state index contributed by atoms with van der Waals surface area (Å²) in [7, 11) is 0. The zero-order valence-electron chi connectivity index (χ0n) is 16.2. The molecule has 3 fully saturated rings. The van der Waals surface area contributed by atoms with Crippen molar-refractivity contribution in [2.75, 3.05) is 11.9 Å². The van der Waals surface area contributed by atoms with E-state index in [1.54, 1.807) is 12.4 Å². The van der Waals surface area contributed by atoms with Gasteiger partial charge in [-0.1, -0.05) is 18.2 Å². The van der Waals surface area contributed by atoms with Crippen LogP contribution in [0.5, 0.6) is 0 Å². The molecule has 7 heteroatoms. The van der Waals surface area contributed by atoms with Crippen molar-refractivity contribution in [1.82, 2.24) is 24.9 Å². The highest BCUT2D eigenvalue weighted by Gasteiger charge is 2.75. The smallest absolute Gasteiger partial charge is 0.256 e. The zero-order chi connectivity index (χ0) is 19.6. The van der Waals surface area contributed by atoms with Crippen LogP contribution in [-0.4, -0.2) is 49.4 Å². The van der Waals surface area contributed by atoms with Crippen molar-refractivity contribution in [3.8, 4) is 5.69 Å². The molecule has 1 spiro atoms. The zero-order valence-corrected chi connectivity index (χ0v) is 16.2. The summed E-state index contributed by atoms with van der Waals surface area (Å²) in [5.41, 5.74) is 2.83. The summed E-state index contributed by atoms with van der Waals surface area (Å²) in [5, 5.41) is 12.0. The number of anilines is 1. The number of amides is 1. The number of hydrogen-bond donors (Lipinski definition) is 1. The van der Waals surface area contributed by atoms with Crippen LogP contribution in [0.2, 0.25) is 0 Å². The minimum Gasteiger partial charge on any atom is -0.365 e. The molecule has 3 aliphatic rings. The first-order valence-corrected chi connectivity index (χ1v) is 10.1. The SMILES string of the molecule is Cc1ccc(NC2CC34CC3CN(C(=O)c3ccccc3-n3nccn3)C24)nc1. The van der Waals surface area contributed by atoms with E-state index in [9.17, 15) is 4.79 Å². The number of carbonyl (C=O) groups is 1. The summed E-state index contributed by atoms with van der Waals surface area (Å²) in [5.74, 6) is 1.58. The largest absolute Gasteiger partial charge is 0.365 e. The lowest BCUT2D eigenvalue weighted by atomic mass is 9.71. The van der Waals surface area contributed by atoms with Crippen LogP contribution in [0.25, 0.3) is 5.69 Å². The maximum Gasteiger partial charge on any atom is 0.256 e. The Hall–Kier alpha value is -3.22. The van der Waals surface area contributed by atoms with Gasteiger partial charge < -0.3 is 10.2 Å². The number of pyridine rings is 1. The number of likely N-dealkylation sites (tertiary alicyclic amines) is 1. The first-order chi connectivity index (χ1) is 14.2. The molecule has 6 rings (SSSR count). The molecule has 3 aromatic rings. The standard InChI is InChI=1S/C22H22N6O/c1-14-6-7-19(23-12-14)26-17-11-22-10-15(22)13-27(20(17)22)21(29)16-4-2-3-5-18(16)28-24-8-9-25-28/h2-9,12,15,17,20H,10-11,13H2,1H3,(H,23,26). The molecular weight excluding hydrogens is 364 g/mol. The third-order valence-electron chi connectivity index (χ3n) is 6.88. The summed E-state index contributed by atoms with van der Waals surface area (Å²) in [6.07, 6.45) is 7.48. The van der Waals surface area contributed by atoms with Gasteiger partial charge in [0.2, 0.25) is 0 Å². The highest BCUT2D eigenvalue weighted by molar-refractivity contribution is 5.98. The van der Waals surface area contributed by atoms with Gasteiger partial charge in [-0.2, -0.15) is 15.0 Å². The summed E-state index contributed by atoms with van der Waals surface area (Å²) in [4.78, 5) is 21.7. The van der Waals surface area contributed by atoms with Gasteiger partial charge in [0.15, 0.2) is 0 Å². The minimum absolute atomic E-state index is 0.0674. The number of rotatable bonds is 4. The Labute approximate surface area is 168 Å². The fourth-order valence-corrected chi connectivity index (χ4v) is 5.43. The second-order valence-corrected chi connectivity index (χ2v) is 8.55. The molecule has 4 atom stereocenters. The van der Waals surface area contributed by atoms with Crippen LogP contribution in [0.15, 0.2) is 55.0 Å². The van der Waals surface area contributed by atoms with Crippen molar-refractivity contribution < 1.29 is 4.79 Å². The van der Waals surface area contributed by atoms with E-state index in [2.05, 4.69) is 31.5 Å². The van der Waals surface area contributed by atoms with Gasteiger partial charge in [0.1, 0.15) is 5.82 Å². The topological polar surface area (TPSA) is 75.9 Å². The lowest BCUT2D eigenvalue weighted by Gasteiger charge is -2.48. The number of piperidine rings is 1. The van der Waals surface area contributed by atoms with Crippen LogP contribution < -0.4 is 5.32 Å². The molecule has 0 radical (unpaired) electrons. The Balaban J connectivity index is 1.28. The van der Waals surface area contributed by atoms with Crippen molar-refractivity contribution in [1.29, 1.82) is 0 Å². The average Bonchev–Trinajstić information content (AvgIpc) is 3.10. The molecule has 2 aliphatic carbocycles. The third-order valence-corrected chi connectivity index (χ3v) is 6.88. The Morgan fingerprint density at radius 1 is 1.14 bits per heavy atom. The van der Waals surface area contributed by atoms with Gasteiger partial charge in [-0.25, -0.2) is 4.98 Å². The average molecular weight is 386 g/mol. The summed E-state index contributed by atoms with van der Waals surface area (Å²) in [6.45, 7) is 2.87. The molecule has 1 amide bonds. The lowest BCUT2D eigenvalue weighted by molar-refractivity contribution is 0.0471. The quantitative estimate of drug-likeness (QED) is 0.746. The highest BCUT2D eigenvalue weighted by Crippen LogP contribution is 2.71. The van der Waals surface area contributed by atoms with E-state index in [1.165, 1.54) is 11.2 Å². The number of benzene rings is 1. The number of hydrogen-bond acceptors (Lipinski definition) is 5. The minimum atomic E-state index is 0.0674. The summed E-state index contributed by atoms with van der Waals surface area (Å²) >= 11 is 0. The second-order valence-electron chi connectivity index (χ2n) is 8.55. The van der Waals surface area contributed by atoms with E-state index in [4.69, 9.17) is 0 Å². The number of para-hydroxylation sites is 1. The molecule has 1 aliphatic heterocycles. The first kappa shape index (κ1) is 16.7. The van der Waals surface area contributed by atoms with Gasteiger partial charge in [0.05, 0.1) is 29.7 Å². The van der Waals surface area contributed by atoms with Crippen LogP contribution in [0.3, 0.4) is 0 Å². The van der Waals surface area contributed by atoms with Crippen LogP contribution in [-0.2, 0) is 0 Å². The van der Waals surface area contributed by atoms with E-state index < -0.39 is 0 Å². The fourth-order valence-electron chi connectivity index (χ4n) is 5.43. The van der Waals surface area contributed by atoms with E-state index in [-0.39, 0.29) is 18.0 Å². The fraction of sp³-hybridized carbons (Fsp3) is 0.364. The third kappa shape index (κ3) is 2.43. The van der Waals surface area contributed by atoms with Crippen molar-refractivity contribution >= 4 is 11.7 Å². The first-order valence-electron chi connectivity index (χ1n) is 10.1. The van der Waals surface area contributed by atoms with Gasteiger partial charge in [-0.3, -0.25) is 4.79 Å². The maximum atomic E-state index is 13.6. The molecule has 7 nitrogen and oxygen atoms in total. The maximum absolute atomic E-state index is 13.6. The van der Waals surface area contributed by atoms with Gasteiger partial charge in [0.25, 0.3) is 5.91 Å². The molecule has 4 unspecified atom stereocenters. The van der Waals surface area contributed by atoms with Crippen LogP contribution in [0, 0.1) is 18.3 Å². The number of carbonyl (C=O) groups excluding carboxylic acids is 1. The highest BCUT2D eigenvalue weighted by atomic mass is 16.2. The molecule has 0 bridgehead atoms. The van der Waals surface area contributed by atoms with E-state index >= 15 is 0 Å². The van der Waals surface area contributed by atoms with E-state index in [0.29, 0.717) is 16.9 Å². The van der Waals surface area contributed by atoms with E-state index in [1.807, 2.05) is 43.5 Å². The summed E-state index contributed by atoms with van der Waals surface area (Å²) < 4.78 is 0. The number of nitrogens with one attached hydrogen (secondary N) is 1. The predicted octanol–water partition coefficient (Wildman–Crippen LogP) is 2.69. The van der Waals surface area contributed by atoms with Crippen molar-refractivity contribution in [3.63, 3.8) is 0 Å². The molecule has 29 heavy (non-hydrogen) atoms. The molecular formula is C22H22N6O. The monoisotopic (exact) mass is 386 g/mol. The number of aromatic nitrogens is 4.